The predicted molar refractivity (Wildman–Crippen MR) is 104 cm³/mol. The largest absolute Gasteiger partial charge is 0.0622 e. The van der Waals surface area contributed by atoms with Crippen molar-refractivity contribution in [2.24, 2.45) is 0 Å². The first-order valence-corrected chi connectivity index (χ1v) is 8.23. The third kappa shape index (κ3) is 6.15. The zero-order chi connectivity index (χ0) is 17.3. The Morgan fingerprint density at radius 1 is 0.500 bits per heavy atom. The third-order valence-corrected chi connectivity index (χ3v) is 3.54. The van der Waals surface area contributed by atoms with Gasteiger partial charge in [-0.2, -0.15) is 0 Å². The molecule has 120 valence electrons. The maximum Gasteiger partial charge on any atom is 0.0249 e. The number of benzene rings is 3. The van der Waals surface area contributed by atoms with Crippen LogP contribution in [0.2, 0.25) is 0 Å². The van der Waals surface area contributed by atoms with Gasteiger partial charge in [0, 0.05) is 11.1 Å². The van der Waals surface area contributed by atoms with E-state index in [1.165, 1.54) is 5.56 Å². The van der Waals surface area contributed by atoms with Gasteiger partial charge in [0.1, 0.15) is 0 Å². The Labute approximate surface area is 146 Å². The molecule has 0 aliphatic rings. The topological polar surface area (TPSA) is 0 Å². The van der Waals surface area contributed by atoms with Gasteiger partial charge in [0.05, 0.1) is 0 Å². The van der Waals surface area contributed by atoms with E-state index in [2.05, 4.69) is 62.9 Å². The summed E-state index contributed by atoms with van der Waals surface area (Å²) in [5.74, 6) is 6.22. The second-order valence-electron chi connectivity index (χ2n) is 6.60. The quantitative estimate of drug-likeness (QED) is 0.442. The average Bonchev–Trinajstić information content (AvgIpc) is 2.62. The molecule has 0 bridgehead atoms. The lowest BCUT2D eigenvalue weighted by Gasteiger charge is -2.18. The average molecular weight is 312 g/mol. The van der Waals surface area contributed by atoms with Gasteiger partial charge in [-0.3, -0.25) is 0 Å². The number of hydrogen-bond donors (Lipinski definition) is 0. The van der Waals surface area contributed by atoms with Crippen LogP contribution in [0.4, 0.5) is 0 Å². The van der Waals surface area contributed by atoms with E-state index in [0.717, 1.165) is 11.1 Å². The van der Waals surface area contributed by atoms with Gasteiger partial charge in [-0.1, -0.05) is 99.3 Å². The zero-order valence-electron chi connectivity index (χ0n) is 14.7. The molecule has 3 rings (SSSR count). The summed E-state index contributed by atoms with van der Waals surface area (Å²) in [6.45, 7) is 6.67. The van der Waals surface area contributed by atoms with Crippen LogP contribution in [0.15, 0.2) is 91.0 Å². The molecule has 0 N–H and O–H groups in total. The third-order valence-electron chi connectivity index (χ3n) is 3.54. The molecular formula is C24H24. The van der Waals surface area contributed by atoms with Crippen molar-refractivity contribution in [2.75, 3.05) is 0 Å². The number of hydrogen-bond acceptors (Lipinski definition) is 0. The molecule has 0 fully saturated rings. The Bertz CT molecular complexity index is 724. The normalized spacial score (nSPS) is 9.96. The first-order chi connectivity index (χ1) is 11.6. The molecule has 0 radical (unpaired) electrons. The maximum atomic E-state index is 3.11. The summed E-state index contributed by atoms with van der Waals surface area (Å²) in [5, 5.41) is 0. The van der Waals surface area contributed by atoms with Crippen LogP contribution in [0.3, 0.4) is 0 Å². The monoisotopic (exact) mass is 312 g/mol. The van der Waals surface area contributed by atoms with Gasteiger partial charge >= 0.3 is 0 Å². The highest BCUT2D eigenvalue weighted by atomic mass is 14.2. The van der Waals surface area contributed by atoms with Crippen LogP contribution in [0.5, 0.6) is 0 Å². The molecule has 0 unspecified atom stereocenters. The fourth-order valence-corrected chi connectivity index (χ4v) is 2.13. The molecule has 0 aromatic heterocycles. The summed E-state index contributed by atoms with van der Waals surface area (Å²) in [4.78, 5) is 0. The molecule has 0 heteroatoms. The Kier molecular flexibility index (Phi) is 6.41. The molecule has 24 heavy (non-hydrogen) atoms. The molecule has 0 saturated heterocycles. The SMILES string of the molecule is C(#Cc1ccccc1)c1ccccc1.CC(C)(C)c1ccccc1. The summed E-state index contributed by atoms with van der Waals surface area (Å²) in [7, 11) is 0. The van der Waals surface area contributed by atoms with E-state index in [-0.39, 0.29) is 0 Å². The van der Waals surface area contributed by atoms with Gasteiger partial charge in [0.15, 0.2) is 0 Å². The maximum absolute atomic E-state index is 3.11. The highest BCUT2D eigenvalue weighted by Gasteiger charge is 2.11. The van der Waals surface area contributed by atoms with Crippen molar-refractivity contribution in [3.8, 4) is 11.8 Å². The minimum atomic E-state index is 0.293. The first-order valence-electron chi connectivity index (χ1n) is 8.23. The van der Waals surface area contributed by atoms with Crippen LogP contribution in [0, 0.1) is 11.8 Å². The number of rotatable bonds is 0. The van der Waals surface area contributed by atoms with Crippen molar-refractivity contribution in [1.82, 2.24) is 0 Å². The Morgan fingerprint density at radius 2 is 0.833 bits per heavy atom. The van der Waals surface area contributed by atoms with Crippen molar-refractivity contribution in [2.45, 2.75) is 26.2 Å². The molecule has 0 heterocycles. The fourth-order valence-electron chi connectivity index (χ4n) is 2.13. The van der Waals surface area contributed by atoms with Crippen LogP contribution in [-0.2, 0) is 5.41 Å². The van der Waals surface area contributed by atoms with Gasteiger partial charge < -0.3 is 0 Å². The van der Waals surface area contributed by atoms with E-state index < -0.39 is 0 Å². The van der Waals surface area contributed by atoms with E-state index >= 15 is 0 Å². The van der Waals surface area contributed by atoms with Gasteiger partial charge in [-0.25, -0.2) is 0 Å². The lowest BCUT2D eigenvalue weighted by molar-refractivity contribution is 0.590. The van der Waals surface area contributed by atoms with Gasteiger partial charge in [-0.05, 0) is 35.2 Å². The fraction of sp³-hybridized carbons (Fsp3) is 0.167. The van der Waals surface area contributed by atoms with Crippen molar-refractivity contribution >= 4 is 0 Å². The van der Waals surface area contributed by atoms with Crippen LogP contribution in [0.1, 0.15) is 37.5 Å². The Morgan fingerprint density at radius 3 is 1.12 bits per heavy atom. The van der Waals surface area contributed by atoms with Crippen molar-refractivity contribution in [1.29, 1.82) is 0 Å². The molecule has 0 atom stereocenters. The lowest BCUT2D eigenvalue weighted by Crippen LogP contribution is -2.10. The van der Waals surface area contributed by atoms with Crippen molar-refractivity contribution in [3.05, 3.63) is 108 Å². The highest BCUT2D eigenvalue weighted by Crippen LogP contribution is 2.20. The van der Waals surface area contributed by atoms with Crippen LogP contribution >= 0.6 is 0 Å². The summed E-state index contributed by atoms with van der Waals surface area (Å²) >= 11 is 0. The van der Waals surface area contributed by atoms with E-state index in [1.54, 1.807) is 0 Å². The van der Waals surface area contributed by atoms with E-state index in [1.807, 2.05) is 60.7 Å². The molecule has 0 aliphatic heterocycles. The van der Waals surface area contributed by atoms with E-state index in [9.17, 15) is 0 Å². The second kappa shape index (κ2) is 8.75. The van der Waals surface area contributed by atoms with E-state index in [4.69, 9.17) is 0 Å². The Balaban J connectivity index is 0.000000185. The summed E-state index contributed by atoms with van der Waals surface area (Å²) in [6, 6.07) is 30.6. The minimum Gasteiger partial charge on any atom is -0.0622 e. The van der Waals surface area contributed by atoms with Gasteiger partial charge in [0.25, 0.3) is 0 Å². The van der Waals surface area contributed by atoms with Crippen molar-refractivity contribution < 1.29 is 0 Å². The second-order valence-corrected chi connectivity index (χ2v) is 6.60. The molecule has 0 saturated carbocycles. The minimum absolute atomic E-state index is 0.293. The van der Waals surface area contributed by atoms with Crippen LogP contribution in [0.25, 0.3) is 0 Å². The standard InChI is InChI=1S/C14H10.C10H14/c1-3-7-13(8-4-1)11-12-14-9-5-2-6-10-14;1-10(2,3)9-7-5-4-6-8-9/h1-10H;4-8H,1-3H3. The van der Waals surface area contributed by atoms with Crippen molar-refractivity contribution in [3.63, 3.8) is 0 Å². The first kappa shape index (κ1) is 17.6. The highest BCUT2D eigenvalue weighted by molar-refractivity contribution is 5.42. The predicted octanol–water partition coefficient (Wildman–Crippen LogP) is 6.07. The Hall–Kier alpha value is -2.78. The summed E-state index contributed by atoms with van der Waals surface area (Å²) < 4.78 is 0. The molecule has 3 aromatic rings. The van der Waals surface area contributed by atoms with Gasteiger partial charge in [0.2, 0.25) is 0 Å². The van der Waals surface area contributed by atoms with Crippen LogP contribution < -0.4 is 0 Å². The lowest BCUT2D eigenvalue weighted by atomic mass is 9.87. The molecule has 0 aliphatic carbocycles. The molecule has 0 nitrogen and oxygen atoms in total. The molecule has 0 amide bonds. The molecule has 3 aromatic carbocycles. The molecule has 0 spiro atoms. The molecular weight excluding hydrogens is 288 g/mol. The smallest absolute Gasteiger partial charge is 0.0249 e. The van der Waals surface area contributed by atoms with Crippen LogP contribution in [-0.4, -0.2) is 0 Å². The van der Waals surface area contributed by atoms with E-state index in [0.29, 0.717) is 5.41 Å². The zero-order valence-corrected chi connectivity index (χ0v) is 14.7. The summed E-state index contributed by atoms with van der Waals surface area (Å²) in [5.41, 5.74) is 3.80. The van der Waals surface area contributed by atoms with Gasteiger partial charge in [-0.15, -0.1) is 0 Å². The summed E-state index contributed by atoms with van der Waals surface area (Å²) in [6.07, 6.45) is 0.